The van der Waals surface area contributed by atoms with Gasteiger partial charge < -0.3 is 14.4 Å². The predicted octanol–water partition coefficient (Wildman–Crippen LogP) is 0.617. The number of hydrogen-bond donors (Lipinski definition) is 1. The van der Waals surface area contributed by atoms with Gasteiger partial charge in [-0.3, -0.25) is 19.7 Å². The number of aliphatic carboxylic acids is 1. The van der Waals surface area contributed by atoms with E-state index in [1.807, 2.05) is 0 Å². The Hall–Kier alpha value is -2.71. The Morgan fingerprint density at radius 3 is 2.60 bits per heavy atom. The predicted molar refractivity (Wildman–Crippen MR) is 64.3 cm³/mol. The van der Waals surface area contributed by atoms with Gasteiger partial charge in [-0.15, -0.1) is 0 Å². The fourth-order valence-corrected chi connectivity index (χ4v) is 1.49. The number of carboxylic acid groups (broad SMARTS) is 1. The molecule has 1 heterocycles. The van der Waals surface area contributed by atoms with Gasteiger partial charge in [0.1, 0.15) is 5.69 Å². The molecule has 0 radical (unpaired) electrons. The minimum Gasteiger partial charge on any atom is -0.481 e. The van der Waals surface area contributed by atoms with Crippen molar-refractivity contribution in [3.05, 3.63) is 28.1 Å². The summed E-state index contributed by atoms with van der Waals surface area (Å²) in [4.78, 5) is 43.6. The molecule has 0 aliphatic carbocycles. The molecule has 0 aliphatic rings. The van der Waals surface area contributed by atoms with E-state index in [1.165, 1.54) is 6.92 Å². The molecule has 9 nitrogen and oxygen atoms in total. The molecule has 1 rings (SSSR count). The lowest BCUT2D eigenvalue weighted by Crippen LogP contribution is -2.21. The highest BCUT2D eigenvalue weighted by Crippen LogP contribution is 2.18. The standard InChI is InChI=1S/C11H12N2O7/c1-2-20-11(17)10(16)8-5-7(13(18)19)6-12(8)4-3-9(14)15/h5-6H,2-4H2,1H3,(H,14,15). The van der Waals surface area contributed by atoms with Crippen molar-refractivity contribution in [2.45, 2.75) is 19.9 Å². The summed E-state index contributed by atoms with van der Waals surface area (Å²) in [6.45, 7) is 1.34. The number of aromatic nitrogens is 1. The molecule has 0 bridgehead atoms. The fraction of sp³-hybridized carbons (Fsp3) is 0.364. The first-order chi connectivity index (χ1) is 9.36. The number of rotatable bonds is 7. The summed E-state index contributed by atoms with van der Waals surface area (Å²) < 4.78 is 5.58. The van der Waals surface area contributed by atoms with E-state index in [2.05, 4.69) is 4.74 Å². The molecule has 0 fully saturated rings. The van der Waals surface area contributed by atoms with Crippen molar-refractivity contribution >= 4 is 23.4 Å². The van der Waals surface area contributed by atoms with Crippen LogP contribution in [0.3, 0.4) is 0 Å². The van der Waals surface area contributed by atoms with Gasteiger partial charge in [0, 0.05) is 12.6 Å². The molecule has 1 aromatic heterocycles. The molecule has 0 atom stereocenters. The summed E-state index contributed by atoms with van der Waals surface area (Å²) in [6.07, 6.45) is 0.671. The summed E-state index contributed by atoms with van der Waals surface area (Å²) in [5.41, 5.74) is -0.667. The van der Waals surface area contributed by atoms with Crippen LogP contribution in [-0.2, 0) is 20.9 Å². The number of nitrogens with zero attached hydrogens (tertiary/aromatic N) is 2. The van der Waals surface area contributed by atoms with Crippen molar-refractivity contribution in [1.29, 1.82) is 0 Å². The molecular weight excluding hydrogens is 272 g/mol. The van der Waals surface area contributed by atoms with E-state index >= 15 is 0 Å². The lowest BCUT2D eigenvalue weighted by molar-refractivity contribution is -0.384. The number of ether oxygens (including phenoxy) is 1. The number of hydrogen-bond acceptors (Lipinski definition) is 6. The van der Waals surface area contributed by atoms with E-state index < -0.39 is 28.3 Å². The molecule has 108 valence electrons. The van der Waals surface area contributed by atoms with Crippen LogP contribution in [0.15, 0.2) is 12.3 Å². The van der Waals surface area contributed by atoms with E-state index in [4.69, 9.17) is 5.11 Å². The molecule has 0 unspecified atom stereocenters. The molecule has 20 heavy (non-hydrogen) atoms. The van der Waals surface area contributed by atoms with E-state index in [9.17, 15) is 24.5 Å². The number of esters is 1. The van der Waals surface area contributed by atoms with Crippen molar-refractivity contribution in [2.75, 3.05) is 6.61 Å². The van der Waals surface area contributed by atoms with Crippen molar-refractivity contribution in [3.8, 4) is 0 Å². The molecule has 0 saturated carbocycles. The van der Waals surface area contributed by atoms with E-state index in [1.54, 1.807) is 0 Å². The number of carbonyl (C=O) groups excluding carboxylic acids is 2. The lowest BCUT2D eigenvalue weighted by atomic mass is 10.2. The van der Waals surface area contributed by atoms with Gasteiger partial charge in [0.15, 0.2) is 0 Å². The molecule has 0 aromatic carbocycles. The summed E-state index contributed by atoms with van der Waals surface area (Å²) in [6, 6.07) is 0.918. The van der Waals surface area contributed by atoms with Gasteiger partial charge in [0.05, 0.1) is 24.1 Å². The summed E-state index contributed by atoms with van der Waals surface area (Å²) in [5.74, 6) is -3.32. The van der Waals surface area contributed by atoms with Gasteiger partial charge >= 0.3 is 11.9 Å². The Morgan fingerprint density at radius 2 is 2.10 bits per heavy atom. The molecule has 0 amide bonds. The quantitative estimate of drug-likeness (QED) is 0.255. The van der Waals surface area contributed by atoms with Crippen LogP contribution in [0.5, 0.6) is 0 Å². The van der Waals surface area contributed by atoms with Gasteiger partial charge in [0.25, 0.3) is 11.5 Å². The lowest BCUT2D eigenvalue weighted by Gasteiger charge is -2.05. The van der Waals surface area contributed by atoms with Gasteiger partial charge in [-0.1, -0.05) is 0 Å². The number of aryl methyl sites for hydroxylation is 1. The second-order valence-electron chi connectivity index (χ2n) is 3.73. The van der Waals surface area contributed by atoms with Gasteiger partial charge in [-0.25, -0.2) is 4.79 Å². The van der Waals surface area contributed by atoms with Crippen LogP contribution < -0.4 is 0 Å². The Bertz CT molecular complexity index is 561. The first kappa shape index (κ1) is 15.3. The average Bonchev–Trinajstić information content (AvgIpc) is 2.79. The number of carbonyl (C=O) groups is 3. The van der Waals surface area contributed by atoms with Crippen molar-refractivity contribution in [1.82, 2.24) is 4.57 Å². The third-order valence-electron chi connectivity index (χ3n) is 2.35. The third-order valence-corrected chi connectivity index (χ3v) is 2.35. The minimum absolute atomic E-state index is 0.0114. The van der Waals surface area contributed by atoms with Crippen LogP contribution in [0, 0.1) is 10.1 Å². The maximum Gasteiger partial charge on any atom is 0.381 e. The molecule has 0 aliphatic heterocycles. The average molecular weight is 284 g/mol. The monoisotopic (exact) mass is 284 g/mol. The van der Waals surface area contributed by atoms with Crippen molar-refractivity contribution < 1.29 is 29.2 Å². The first-order valence-electron chi connectivity index (χ1n) is 5.64. The largest absolute Gasteiger partial charge is 0.481 e. The highest BCUT2D eigenvalue weighted by molar-refractivity contribution is 6.40. The molecule has 1 N–H and O–H groups in total. The van der Waals surface area contributed by atoms with Crippen LogP contribution in [0.25, 0.3) is 0 Å². The zero-order valence-corrected chi connectivity index (χ0v) is 10.6. The minimum atomic E-state index is -1.14. The second-order valence-corrected chi connectivity index (χ2v) is 3.73. The Balaban J connectivity index is 3.08. The Labute approximate surface area is 112 Å². The van der Waals surface area contributed by atoms with Crippen LogP contribution in [0.1, 0.15) is 23.8 Å². The topological polar surface area (TPSA) is 129 Å². The van der Waals surface area contributed by atoms with Crippen LogP contribution >= 0.6 is 0 Å². The van der Waals surface area contributed by atoms with Gasteiger partial charge in [-0.05, 0) is 6.92 Å². The van der Waals surface area contributed by atoms with Crippen LogP contribution in [0.4, 0.5) is 5.69 Å². The molecule has 0 spiro atoms. The number of ketones is 1. The molecule has 9 heteroatoms. The fourth-order valence-electron chi connectivity index (χ4n) is 1.49. The van der Waals surface area contributed by atoms with Crippen LogP contribution in [0.2, 0.25) is 0 Å². The zero-order valence-electron chi connectivity index (χ0n) is 10.6. The molecular formula is C11H12N2O7. The summed E-state index contributed by atoms with van der Waals surface area (Å²) in [5, 5.41) is 19.3. The van der Waals surface area contributed by atoms with E-state index in [0.717, 1.165) is 16.8 Å². The number of nitro groups is 1. The maximum absolute atomic E-state index is 11.8. The highest BCUT2D eigenvalue weighted by atomic mass is 16.6. The van der Waals surface area contributed by atoms with Gasteiger partial charge in [-0.2, -0.15) is 0 Å². The molecule has 0 saturated heterocycles. The maximum atomic E-state index is 11.8. The zero-order chi connectivity index (χ0) is 15.3. The smallest absolute Gasteiger partial charge is 0.381 e. The Kier molecular flexibility index (Phi) is 4.95. The SMILES string of the molecule is CCOC(=O)C(=O)c1cc([N+](=O)[O-])cn1CCC(=O)O. The second kappa shape index (κ2) is 6.45. The normalized spacial score (nSPS) is 10.1. The van der Waals surface area contributed by atoms with E-state index in [0.29, 0.717) is 0 Å². The van der Waals surface area contributed by atoms with Gasteiger partial charge in [0.2, 0.25) is 0 Å². The van der Waals surface area contributed by atoms with E-state index in [-0.39, 0.29) is 25.3 Å². The third kappa shape index (κ3) is 3.64. The first-order valence-corrected chi connectivity index (χ1v) is 5.64. The van der Waals surface area contributed by atoms with Crippen molar-refractivity contribution in [3.63, 3.8) is 0 Å². The van der Waals surface area contributed by atoms with Crippen LogP contribution in [-0.4, -0.2) is 38.9 Å². The van der Waals surface area contributed by atoms with Crippen molar-refractivity contribution in [2.24, 2.45) is 0 Å². The summed E-state index contributed by atoms with van der Waals surface area (Å²) in [7, 11) is 0. The highest BCUT2D eigenvalue weighted by Gasteiger charge is 2.25. The molecule has 1 aromatic rings. The number of Topliss-reactive ketones (excluding diaryl/α,β-unsaturated/α-hetero) is 1. The number of carboxylic acids is 1. The summed E-state index contributed by atoms with van der Waals surface area (Å²) >= 11 is 0. The Morgan fingerprint density at radius 1 is 1.45 bits per heavy atom.